The van der Waals surface area contributed by atoms with Crippen LogP contribution in [0, 0.1) is 5.92 Å². The van der Waals surface area contributed by atoms with Crippen LogP contribution in [0.2, 0.25) is 0 Å². The van der Waals surface area contributed by atoms with Crippen molar-refractivity contribution in [1.82, 2.24) is 4.31 Å². The number of hydrogen-bond donors (Lipinski definition) is 1. The van der Waals surface area contributed by atoms with Gasteiger partial charge in [-0.1, -0.05) is 18.9 Å². The average Bonchev–Trinajstić information content (AvgIpc) is 2.91. The Morgan fingerprint density at radius 3 is 2.71 bits per heavy atom. The molecule has 0 bridgehead atoms. The first-order valence-electron chi connectivity index (χ1n) is 7.40. The summed E-state index contributed by atoms with van der Waals surface area (Å²) in [6.07, 6.45) is 4.72. The zero-order valence-electron chi connectivity index (χ0n) is 12.5. The summed E-state index contributed by atoms with van der Waals surface area (Å²) in [6.45, 7) is 0.765. The number of anilines is 1. The van der Waals surface area contributed by atoms with Crippen molar-refractivity contribution < 1.29 is 13.2 Å². The maximum absolute atomic E-state index is 12.2. The molecule has 0 saturated heterocycles. The maximum Gasteiger partial charge on any atom is 0.217 e. The first kappa shape index (κ1) is 16.1. The van der Waals surface area contributed by atoms with E-state index in [1.165, 1.54) is 17.1 Å². The fraction of sp³-hybridized carbons (Fsp3) is 0.600. The third kappa shape index (κ3) is 4.89. The van der Waals surface area contributed by atoms with Gasteiger partial charge in [-0.3, -0.25) is 0 Å². The van der Waals surface area contributed by atoms with Crippen LogP contribution in [0.1, 0.15) is 25.7 Å². The summed E-state index contributed by atoms with van der Waals surface area (Å²) in [5.41, 5.74) is 6.25. The molecule has 0 atom stereocenters. The molecule has 0 aromatic heterocycles. The number of rotatable bonds is 7. The Kier molecular flexibility index (Phi) is 5.47. The zero-order chi connectivity index (χ0) is 15.3. The van der Waals surface area contributed by atoms with Gasteiger partial charge in [0.2, 0.25) is 10.0 Å². The van der Waals surface area contributed by atoms with Gasteiger partial charge in [0.1, 0.15) is 12.4 Å². The molecule has 1 fully saturated rings. The molecule has 0 spiro atoms. The fourth-order valence-electron chi connectivity index (χ4n) is 2.70. The number of hydrogen-bond acceptors (Lipinski definition) is 4. The smallest absolute Gasteiger partial charge is 0.217 e. The van der Waals surface area contributed by atoms with Gasteiger partial charge < -0.3 is 10.5 Å². The van der Waals surface area contributed by atoms with Crippen LogP contribution in [0.4, 0.5) is 5.69 Å². The largest absolute Gasteiger partial charge is 0.492 e. The third-order valence-electron chi connectivity index (χ3n) is 3.93. The molecule has 0 heterocycles. The molecule has 5 nitrogen and oxygen atoms in total. The summed E-state index contributed by atoms with van der Waals surface area (Å²) in [6, 6.07) is 7.00. The number of sulfonamides is 1. The van der Waals surface area contributed by atoms with Gasteiger partial charge in [-0.25, -0.2) is 12.7 Å². The van der Waals surface area contributed by atoms with E-state index in [2.05, 4.69) is 0 Å². The van der Waals surface area contributed by atoms with E-state index in [4.69, 9.17) is 10.5 Å². The lowest BCUT2D eigenvalue weighted by atomic mass is 10.1. The second kappa shape index (κ2) is 7.13. The van der Waals surface area contributed by atoms with Gasteiger partial charge in [0.15, 0.2) is 0 Å². The van der Waals surface area contributed by atoms with E-state index >= 15 is 0 Å². The van der Waals surface area contributed by atoms with Crippen molar-refractivity contribution in [2.24, 2.45) is 5.92 Å². The Balaban J connectivity index is 1.80. The Morgan fingerprint density at radius 1 is 1.33 bits per heavy atom. The molecule has 118 valence electrons. The lowest BCUT2D eigenvalue weighted by Gasteiger charge is -2.20. The minimum atomic E-state index is -3.25. The van der Waals surface area contributed by atoms with Gasteiger partial charge >= 0.3 is 0 Å². The van der Waals surface area contributed by atoms with E-state index in [0.29, 0.717) is 23.9 Å². The first-order chi connectivity index (χ1) is 9.97. The van der Waals surface area contributed by atoms with E-state index in [-0.39, 0.29) is 12.4 Å². The van der Waals surface area contributed by atoms with Crippen molar-refractivity contribution in [1.29, 1.82) is 0 Å². The van der Waals surface area contributed by atoms with Crippen molar-refractivity contribution in [3.05, 3.63) is 24.3 Å². The molecule has 21 heavy (non-hydrogen) atoms. The quantitative estimate of drug-likeness (QED) is 0.783. The Hall–Kier alpha value is -1.27. The van der Waals surface area contributed by atoms with Crippen molar-refractivity contribution in [3.63, 3.8) is 0 Å². The molecule has 6 heteroatoms. The molecule has 1 saturated carbocycles. The molecular weight excluding hydrogens is 288 g/mol. The predicted octanol–water partition coefficient (Wildman–Crippen LogP) is 2.10. The molecule has 1 aromatic carbocycles. The summed E-state index contributed by atoms with van der Waals surface area (Å²) in [5, 5.41) is 0. The van der Waals surface area contributed by atoms with Crippen LogP contribution in [0.25, 0.3) is 0 Å². The summed E-state index contributed by atoms with van der Waals surface area (Å²) < 4.78 is 31.3. The molecule has 0 aliphatic heterocycles. The highest BCUT2D eigenvalue weighted by Gasteiger charge is 2.23. The second-order valence-corrected chi connectivity index (χ2v) is 7.86. The Bertz CT molecular complexity index is 554. The van der Waals surface area contributed by atoms with Crippen LogP contribution in [0.15, 0.2) is 24.3 Å². The number of nitrogens with two attached hydrogens (primary N) is 1. The molecular formula is C15H24N2O3S. The number of benzene rings is 1. The molecule has 0 unspecified atom stereocenters. The van der Waals surface area contributed by atoms with E-state index in [9.17, 15) is 8.42 Å². The van der Waals surface area contributed by atoms with Gasteiger partial charge in [0.25, 0.3) is 0 Å². The standard InChI is InChI=1S/C15H24N2O3S/c1-17(12-13-5-2-3-6-13)21(18,19)10-9-20-15-8-4-7-14(16)11-15/h4,7-8,11,13H,2-3,5-6,9-10,12,16H2,1H3. The molecule has 1 aliphatic rings. The molecule has 2 rings (SSSR count). The van der Waals surface area contributed by atoms with Gasteiger partial charge in [-0.2, -0.15) is 0 Å². The van der Waals surface area contributed by atoms with Crippen molar-refractivity contribution >= 4 is 15.7 Å². The van der Waals surface area contributed by atoms with Gasteiger partial charge in [-0.15, -0.1) is 0 Å². The predicted molar refractivity (Wildman–Crippen MR) is 84.7 cm³/mol. The highest BCUT2D eigenvalue weighted by molar-refractivity contribution is 7.89. The van der Waals surface area contributed by atoms with E-state index < -0.39 is 10.0 Å². The van der Waals surface area contributed by atoms with E-state index in [1.807, 2.05) is 0 Å². The lowest BCUT2D eigenvalue weighted by molar-refractivity contribution is 0.333. The topological polar surface area (TPSA) is 72.6 Å². The van der Waals surface area contributed by atoms with Crippen LogP contribution in [-0.2, 0) is 10.0 Å². The highest BCUT2D eigenvalue weighted by atomic mass is 32.2. The summed E-state index contributed by atoms with van der Waals surface area (Å²) in [5.74, 6) is 1.11. The first-order valence-corrected chi connectivity index (χ1v) is 9.00. The number of nitrogens with zero attached hydrogens (tertiary/aromatic N) is 1. The van der Waals surface area contributed by atoms with Gasteiger partial charge in [-0.05, 0) is 30.9 Å². The third-order valence-corrected chi connectivity index (χ3v) is 5.71. The molecule has 1 aromatic rings. The highest BCUT2D eigenvalue weighted by Crippen LogP contribution is 2.25. The Morgan fingerprint density at radius 2 is 2.05 bits per heavy atom. The number of nitrogen functional groups attached to an aromatic ring is 1. The van der Waals surface area contributed by atoms with Gasteiger partial charge in [0.05, 0.1) is 5.75 Å². The SMILES string of the molecule is CN(CC1CCCC1)S(=O)(=O)CCOc1cccc(N)c1. The molecule has 2 N–H and O–H groups in total. The summed E-state index contributed by atoms with van der Waals surface area (Å²) in [7, 11) is -1.59. The van der Waals surface area contributed by atoms with Crippen molar-refractivity contribution in [3.8, 4) is 5.75 Å². The fourth-order valence-corrected chi connectivity index (χ4v) is 3.74. The van der Waals surface area contributed by atoms with E-state index in [1.54, 1.807) is 31.3 Å². The Labute approximate surface area is 127 Å². The number of ether oxygens (including phenoxy) is 1. The lowest BCUT2D eigenvalue weighted by Crippen LogP contribution is -2.34. The van der Waals surface area contributed by atoms with Crippen LogP contribution in [-0.4, -0.2) is 38.7 Å². The van der Waals surface area contributed by atoms with Crippen molar-refractivity contribution in [2.75, 3.05) is 31.7 Å². The second-order valence-electron chi connectivity index (χ2n) is 5.67. The van der Waals surface area contributed by atoms with Crippen LogP contribution >= 0.6 is 0 Å². The van der Waals surface area contributed by atoms with Gasteiger partial charge in [0, 0.05) is 25.3 Å². The molecule has 0 radical (unpaired) electrons. The van der Waals surface area contributed by atoms with Crippen LogP contribution in [0.3, 0.4) is 0 Å². The van der Waals surface area contributed by atoms with Crippen LogP contribution < -0.4 is 10.5 Å². The normalized spacial score (nSPS) is 16.5. The minimum Gasteiger partial charge on any atom is -0.492 e. The van der Waals surface area contributed by atoms with E-state index in [0.717, 1.165) is 12.8 Å². The average molecular weight is 312 g/mol. The summed E-state index contributed by atoms with van der Waals surface area (Å²) in [4.78, 5) is 0. The molecule has 1 aliphatic carbocycles. The summed E-state index contributed by atoms with van der Waals surface area (Å²) >= 11 is 0. The van der Waals surface area contributed by atoms with Crippen molar-refractivity contribution in [2.45, 2.75) is 25.7 Å². The monoisotopic (exact) mass is 312 g/mol. The molecule has 0 amide bonds. The zero-order valence-corrected chi connectivity index (χ0v) is 13.3. The minimum absolute atomic E-state index is 0.00891. The van der Waals surface area contributed by atoms with Crippen LogP contribution in [0.5, 0.6) is 5.75 Å². The maximum atomic E-state index is 12.2.